The predicted molar refractivity (Wildman–Crippen MR) is 126 cm³/mol. The molecule has 0 N–H and O–H groups in total. The minimum Gasteiger partial charge on any atom is -0.464 e. The molecule has 0 bridgehead atoms. The second-order valence-electron chi connectivity index (χ2n) is 8.62. The number of aromatic nitrogens is 4. The largest absolute Gasteiger partial charge is 0.464 e. The Kier molecular flexibility index (Phi) is 4.45. The highest BCUT2D eigenvalue weighted by molar-refractivity contribution is 5.91. The van der Waals surface area contributed by atoms with Crippen LogP contribution in [0, 0.1) is 13.8 Å². The number of fused-ring (bicyclic) bond motifs is 2. The van der Waals surface area contributed by atoms with Crippen molar-refractivity contribution >= 4 is 28.1 Å². The van der Waals surface area contributed by atoms with Crippen LogP contribution in [0.4, 0.5) is 11.5 Å². The van der Waals surface area contributed by atoms with Gasteiger partial charge in [-0.1, -0.05) is 18.9 Å². The third kappa shape index (κ3) is 2.98. The highest BCUT2D eigenvalue weighted by Crippen LogP contribution is 2.39. The molecule has 32 heavy (non-hydrogen) atoms. The molecule has 1 fully saturated rings. The van der Waals surface area contributed by atoms with Crippen LogP contribution < -0.4 is 4.90 Å². The van der Waals surface area contributed by atoms with E-state index in [-0.39, 0.29) is 0 Å². The highest BCUT2D eigenvalue weighted by atomic mass is 16.3. The lowest BCUT2D eigenvalue weighted by Gasteiger charge is -2.31. The first-order valence-corrected chi connectivity index (χ1v) is 11.2. The fourth-order valence-electron chi connectivity index (χ4n) is 5.12. The molecule has 0 atom stereocenters. The summed E-state index contributed by atoms with van der Waals surface area (Å²) in [5.41, 5.74) is 7.36. The molecule has 6 nitrogen and oxygen atoms in total. The van der Waals surface area contributed by atoms with Crippen molar-refractivity contribution in [2.45, 2.75) is 45.6 Å². The Bertz CT molecular complexity index is 1430. The summed E-state index contributed by atoms with van der Waals surface area (Å²) in [6, 6.07) is 11.1. The van der Waals surface area contributed by atoms with Gasteiger partial charge < -0.3 is 9.32 Å². The van der Waals surface area contributed by atoms with E-state index in [2.05, 4.69) is 51.3 Å². The first-order valence-electron chi connectivity index (χ1n) is 11.2. The number of benzene rings is 1. The van der Waals surface area contributed by atoms with Gasteiger partial charge in [0.1, 0.15) is 11.4 Å². The summed E-state index contributed by atoms with van der Waals surface area (Å²) in [4.78, 5) is 16.2. The Hall–Kier alpha value is -3.67. The molecule has 5 aromatic rings. The molecule has 1 aliphatic carbocycles. The average molecular weight is 424 g/mol. The summed E-state index contributed by atoms with van der Waals surface area (Å²) < 4.78 is 7.79. The van der Waals surface area contributed by atoms with E-state index in [1.807, 2.05) is 36.9 Å². The van der Waals surface area contributed by atoms with Gasteiger partial charge >= 0.3 is 0 Å². The van der Waals surface area contributed by atoms with Gasteiger partial charge in [-0.3, -0.25) is 9.38 Å². The van der Waals surface area contributed by atoms with Crippen molar-refractivity contribution in [3.05, 3.63) is 72.6 Å². The predicted octanol–water partition coefficient (Wildman–Crippen LogP) is 6.24. The lowest BCUT2D eigenvalue weighted by atomic mass is 10.0. The number of pyridine rings is 1. The van der Waals surface area contributed by atoms with Gasteiger partial charge in [0.2, 0.25) is 0 Å². The van der Waals surface area contributed by atoms with E-state index >= 15 is 0 Å². The van der Waals surface area contributed by atoms with Crippen molar-refractivity contribution in [1.82, 2.24) is 19.4 Å². The second-order valence-corrected chi connectivity index (χ2v) is 8.62. The molecule has 0 unspecified atom stereocenters. The molecule has 6 rings (SSSR count). The van der Waals surface area contributed by atoms with Gasteiger partial charge in [0.25, 0.3) is 0 Å². The fraction of sp³-hybridized carbons (Fsp3) is 0.269. The summed E-state index contributed by atoms with van der Waals surface area (Å²) in [5.74, 6) is 0.977. The summed E-state index contributed by atoms with van der Waals surface area (Å²) in [7, 11) is 0. The number of nitrogens with zero attached hydrogens (tertiary/aromatic N) is 5. The molecule has 0 radical (unpaired) electrons. The van der Waals surface area contributed by atoms with Crippen LogP contribution >= 0.6 is 0 Å². The third-order valence-corrected chi connectivity index (χ3v) is 6.65. The smallest absolute Gasteiger partial charge is 0.155 e. The topological polar surface area (TPSA) is 59.5 Å². The Labute approximate surface area is 186 Å². The van der Waals surface area contributed by atoms with Gasteiger partial charge in [0.15, 0.2) is 5.65 Å². The van der Waals surface area contributed by atoms with Crippen LogP contribution in [0.2, 0.25) is 0 Å². The minimum absolute atomic E-state index is 0.439. The molecule has 1 aromatic carbocycles. The first-order chi connectivity index (χ1) is 15.7. The highest BCUT2D eigenvalue weighted by Gasteiger charge is 2.27. The van der Waals surface area contributed by atoms with Crippen molar-refractivity contribution in [2.24, 2.45) is 0 Å². The Balaban J connectivity index is 1.50. The molecule has 0 aliphatic heterocycles. The maximum Gasteiger partial charge on any atom is 0.155 e. The summed E-state index contributed by atoms with van der Waals surface area (Å²) in [6.45, 7) is 4.23. The number of aryl methyl sites for hydroxylation is 2. The molecule has 160 valence electrons. The second kappa shape index (κ2) is 7.48. The van der Waals surface area contributed by atoms with Crippen molar-refractivity contribution in [3.8, 4) is 11.3 Å². The zero-order chi connectivity index (χ0) is 21.7. The van der Waals surface area contributed by atoms with Crippen LogP contribution in [0.1, 0.15) is 36.9 Å². The van der Waals surface area contributed by atoms with Gasteiger partial charge in [-0.2, -0.15) is 0 Å². The molecule has 6 heteroatoms. The number of hydrogen-bond acceptors (Lipinski definition) is 5. The van der Waals surface area contributed by atoms with Crippen LogP contribution in [0.5, 0.6) is 0 Å². The summed E-state index contributed by atoms with van der Waals surface area (Å²) in [6.07, 6.45) is 14.1. The number of imidazole rings is 1. The van der Waals surface area contributed by atoms with Gasteiger partial charge in [0.05, 0.1) is 29.2 Å². The fourth-order valence-corrected chi connectivity index (χ4v) is 5.12. The van der Waals surface area contributed by atoms with Gasteiger partial charge in [0, 0.05) is 35.9 Å². The molecule has 4 heterocycles. The minimum atomic E-state index is 0.439. The van der Waals surface area contributed by atoms with Crippen LogP contribution in [0.3, 0.4) is 0 Å². The average Bonchev–Trinajstić information content (AvgIpc) is 3.56. The van der Waals surface area contributed by atoms with E-state index in [1.165, 1.54) is 42.5 Å². The zero-order valence-corrected chi connectivity index (χ0v) is 18.3. The SMILES string of the molecule is Cc1cc(N(c2nccc3occc23)C2CCCC2)ccc1-c1c(C)ncc2nccn12. The zero-order valence-electron chi connectivity index (χ0n) is 18.3. The van der Waals surface area contributed by atoms with Crippen LogP contribution in [-0.2, 0) is 0 Å². The van der Waals surface area contributed by atoms with E-state index in [0.29, 0.717) is 6.04 Å². The van der Waals surface area contributed by atoms with Crippen molar-refractivity contribution in [2.75, 3.05) is 4.90 Å². The standard InChI is InChI=1S/C26H25N5O/c1-17-15-20(7-8-21(17)25-18(2)29-16-24-27-12-13-30(24)25)31(19-5-3-4-6-19)26-22-10-14-32-23(22)9-11-28-26/h7-16,19H,3-6H2,1-2H3. The van der Waals surface area contributed by atoms with Crippen LogP contribution in [-0.4, -0.2) is 25.4 Å². The first kappa shape index (κ1) is 19.0. The van der Waals surface area contributed by atoms with Crippen molar-refractivity contribution in [3.63, 3.8) is 0 Å². The van der Waals surface area contributed by atoms with Gasteiger partial charge in [-0.25, -0.2) is 9.97 Å². The Morgan fingerprint density at radius 2 is 1.88 bits per heavy atom. The normalized spacial score (nSPS) is 14.6. The summed E-state index contributed by atoms with van der Waals surface area (Å²) >= 11 is 0. The van der Waals surface area contributed by atoms with E-state index in [0.717, 1.165) is 33.8 Å². The molecule has 1 aliphatic rings. The molecule has 0 spiro atoms. The Morgan fingerprint density at radius 3 is 2.72 bits per heavy atom. The van der Waals surface area contributed by atoms with Crippen molar-refractivity contribution in [1.29, 1.82) is 0 Å². The monoisotopic (exact) mass is 423 g/mol. The molecule has 0 saturated heterocycles. The van der Waals surface area contributed by atoms with Crippen LogP contribution in [0.15, 0.2) is 65.8 Å². The van der Waals surface area contributed by atoms with E-state index in [4.69, 9.17) is 9.40 Å². The van der Waals surface area contributed by atoms with E-state index < -0.39 is 0 Å². The van der Waals surface area contributed by atoms with Gasteiger partial charge in [-0.05, 0) is 56.5 Å². The number of hydrogen-bond donors (Lipinski definition) is 0. The molecule has 1 saturated carbocycles. The molecular weight excluding hydrogens is 398 g/mol. The number of furan rings is 1. The molecule has 0 amide bonds. The maximum absolute atomic E-state index is 5.67. The van der Waals surface area contributed by atoms with E-state index in [9.17, 15) is 0 Å². The maximum atomic E-state index is 5.67. The number of rotatable bonds is 4. The number of anilines is 2. The van der Waals surface area contributed by atoms with E-state index in [1.54, 1.807) is 6.26 Å². The van der Waals surface area contributed by atoms with Crippen LogP contribution in [0.25, 0.3) is 27.9 Å². The molecule has 4 aromatic heterocycles. The van der Waals surface area contributed by atoms with Gasteiger partial charge in [-0.15, -0.1) is 0 Å². The molecular formula is C26H25N5O. The lowest BCUT2D eigenvalue weighted by Crippen LogP contribution is -2.29. The third-order valence-electron chi connectivity index (χ3n) is 6.65. The Morgan fingerprint density at radius 1 is 1.00 bits per heavy atom. The van der Waals surface area contributed by atoms with Crippen molar-refractivity contribution < 1.29 is 4.42 Å². The summed E-state index contributed by atoms with van der Waals surface area (Å²) in [5, 5.41) is 1.06. The lowest BCUT2D eigenvalue weighted by molar-refractivity contribution is 0.615. The quantitative estimate of drug-likeness (QED) is 0.343.